The summed E-state index contributed by atoms with van der Waals surface area (Å²) in [6, 6.07) is 9.84. The summed E-state index contributed by atoms with van der Waals surface area (Å²) >= 11 is 4.63. The fourth-order valence-corrected chi connectivity index (χ4v) is 7.01. The largest absolute Gasteiger partial charge is 0.295 e. The third kappa shape index (κ3) is 2.79. The van der Waals surface area contributed by atoms with Gasteiger partial charge in [-0.2, -0.15) is 0 Å². The van der Waals surface area contributed by atoms with Gasteiger partial charge in [0.15, 0.2) is 15.8 Å². The Morgan fingerprint density at radius 1 is 1.05 bits per heavy atom. The molecule has 1 aromatic rings. The molecule has 22 heavy (non-hydrogen) atoms. The normalized spacial score (nSPS) is 20.2. The van der Waals surface area contributed by atoms with Gasteiger partial charge in [0.05, 0.1) is 10.5 Å². The minimum atomic E-state index is -0.650. The molecular weight excluding hydrogens is 334 g/mol. The minimum absolute atomic E-state index is 0.0598. The zero-order chi connectivity index (χ0) is 15.7. The van der Waals surface area contributed by atoms with Crippen LogP contribution >= 0.6 is 35.3 Å². The van der Waals surface area contributed by atoms with Gasteiger partial charge in [-0.05, 0) is 13.8 Å². The SMILES string of the molecule is CC(=O)C1=C(C(C)=O)C2(N=C(c3ccccc3)S1)SCCS2. The Kier molecular flexibility index (Phi) is 4.52. The van der Waals surface area contributed by atoms with Crippen LogP contribution in [0.15, 0.2) is 45.8 Å². The molecular formula is C16H15NO2S3. The van der Waals surface area contributed by atoms with Crippen molar-refractivity contribution in [3.05, 3.63) is 46.4 Å². The third-order valence-corrected chi connectivity index (χ3v) is 7.73. The maximum absolute atomic E-state index is 12.2. The first-order valence-corrected chi connectivity index (χ1v) is 9.70. The Bertz CT molecular complexity index is 689. The number of aliphatic imine (C=N–C) groups is 1. The van der Waals surface area contributed by atoms with Gasteiger partial charge in [0.2, 0.25) is 0 Å². The number of nitrogens with zero attached hydrogens (tertiary/aromatic N) is 1. The van der Waals surface area contributed by atoms with Crippen LogP contribution in [0.4, 0.5) is 0 Å². The molecule has 0 bridgehead atoms. The lowest BCUT2D eigenvalue weighted by atomic mass is 10.1. The molecule has 1 aromatic carbocycles. The highest BCUT2D eigenvalue weighted by Crippen LogP contribution is 2.55. The van der Waals surface area contributed by atoms with Gasteiger partial charge in [-0.15, -0.1) is 23.5 Å². The molecule has 3 nitrogen and oxygen atoms in total. The Morgan fingerprint density at radius 2 is 1.68 bits per heavy atom. The fraction of sp³-hybridized carbons (Fsp3) is 0.312. The second-order valence-electron chi connectivity index (χ2n) is 4.98. The summed E-state index contributed by atoms with van der Waals surface area (Å²) in [6.45, 7) is 3.06. The summed E-state index contributed by atoms with van der Waals surface area (Å²) in [4.78, 5) is 29.8. The Hall–Kier alpha value is -0.980. The number of rotatable bonds is 3. The van der Waals surface area contributed by atoms with Crippen molar-refractivity contribution in [3.63, 3.8) is 0 Å². The van der Waals surface area contributed by atoms with Crippen molar-refractivity contribution >= 4 is 51.9 Å². The van der Waals surface area contributed by atoms with E-state index in [-0.39, 0.29) is 11.6 Å². The van der Waals surface area contributed by atoms with Crippen LogP contribution in [0.1, 0.15) is 19.4 Å². The van der Waals surface area contributed by atoms with E-state index in [1.54, 1.807) is 23.5 Å². The monoisotopic (exact) mass is 349 g/mol. The molecule has 0 N–H and O–H groups in total. The maximum atomic E-state index is 12.2. The van der Waals surface area contributed by atoms with Crippen molar-refractivity contribution < 1.29 is 9.59 Å². The summed E-state index contributed by atoms with van der Waals surface area (Å²) in [5, 5.41) is 0.817. The van der Waals surface area contributed by atoms with Crippen molar-refractivity contribution in [2.45, 2.75) is 18.1 Å². The van der Waals surface area contributed by atoms with Gasteiger partial charge in [0, 0.05) is 17.1 Å². The van der Waals surface area contributed by atoms with E-state index in [4.69, 9.17) is 4.99 Å². The molecule has 1 fully saturated rings. The number of carbonyl (C=O) groups excluding carboxylic acids is 2. The molecule has 2 aliphatic heterocycles. The average molecular weight is 350 g/mol. The Balaban J connectivity index is 2.16. The molecule has 0 atom stereocenters. The highest BCUT2D eigenvalue weighted by atomic mass is 32.2. The van der Waals surface area contributed by atoms with Crippen molar-refractivity contribution in [2.24, 2.45) is 4.99 Å². The second-order valence-corrected chi connectivity index (χ2v) is 8.81. The van der Waals surface area contributed by atoms with Crippen LogP contribution in [0.2, 0.25) is 0 Å². The van der Waals surface area contributed by atoms with Crippen molar-refractivity contribution in [3.8, 4) is 0 Å². The first-order valence-electron chi connectivity index (χ1n) is 6.91. The highest BCUT2D eigenvalue weighted by Gasteiger charge is 2.46. The molecule has 2 aliphatic rings. The molecule has 1 spiro atoms. The molecule has 0 aliphatic carbocycles. The van der Waals surface area contributed by atoms with Crippen LogP contribution in [0.3, 0.4) is 0 Å². The summed E-state index contributed by atoms with van der Waals surface area (Å²) in [5.74, 6) is 1.74. The van der Waals surface area contributed by atoms with Gasteiger partial charge < -0.3 is 0 Å². The standard InChI is InChI=1S/C16H15NO2S3/c1-10(18)13-14(11(2)19)22-15(12-6-4-3-5-7-12)17-16(13)20-8-9-21-16/h3-7H,8-9H2,1-2H3. The van der Waals surface area contributed by atoms with Crippen LogP contribution in [0.25, 0.3) is 0 Å². The molecule has 0 saturated carbocycles. The highest BCUT2D eigenvalue weighted by molar-refractivity contribution is 8.22. The van der Waals surface area contributed by atoms with Crippen LogP contribution in [0.5, 0.6) is 0 Å². The van der Waals surface area contributed by atoms with E-state index in [1.807, 2.05) is 30.3 Å². The van der Waals surface area contributed by atoms with Gasteiger partial charge in [0.1, 0.15) is 5.04 Å². The minimum Gasteiger partial charge on any atom is -0.295 e. The predicted molar refractivity (Wildman–Crippen MR) is 96.6 cm³/mol. The number of hydrogen-bond donors (Lipinski definition) is 0. The average Bonchev–Trinajstić information content (AvgIpc) is 2.95. The number of thioether (sulfide) groups is 3. The number of benzene rings is 1. The molecule has 2 heterocycles. The second kappa shape index (κ2) is 6.26. The van der Waals surface area contributed by atoms with Gasteiger partial charge in [0.25, 0.3) is 0 Å². The van der Waals surface area contributed by atoms with Gasteiger partial charge in [-0.25, -0.2) is 4.99 Å². The third-order valence-electron chi connectivity index (χ3n) is 3.36. The fourth-order valence-electron chi connectivity index (χ4n) is 2.45. The van der Waals surface area contributed by atoms with Crippen LogP contribution in [-0.4, -0.2) is 32.3 Å². The first-order chi connectivity index (χ1) is 10.5. The molecule has 3 rings (SSSR count). The number of ketones is 2. The molecule has 0 radical (unpaired) electrons. The van der Waals surface area contributed by atoms with Gasteiger partial charge in [-0.3, -0.25) is 9.59 Å². The first kappa shape index (κ1) is 15.9. The van der Waals surface area contributed by atoms with E-state index in [0.717, 1.165) is 22.1 Å². The van der Waals surface area contributed by atoms with Crippen LogP contribution < -0.4 is 0 Å². The van der Waals surface area contributed by atoms with Crippen LogP contribution in [-0.2, 0) is 9.59 Å². The Labute approximate surface area is 142 Å². The number of hydrogen-bond acceptors (Lipinski definition) is 6. The van der Waals surface area contributed by atoms with Crippen molar-refractivity contribution in [2.75, 3.05) is 11.5 Å². The maximum Gasteiger partial charge on any atom is 0.183 e. The summed E-state index contributed by atoms with van der Waals surface area (Å²) in [5.41, 5.74) is 1.55. The lowest BCUT2D eigenvalue weighted by molar-refractivity contribution is -0.115. The summed E-state index contributed by atoms with van der Waals surface area (Å²) < 4.78 is -0.650. The summed E-state index contributed by atoms with van der Waals surface area (Å²) in [7, 11) is 0. The molecule has 0 aromatic heterocycles. The van der Waals surface area contributed by atoms with Gasteiger partial charge >= 0.3 is 0 Å². The van der Waals surface area contributed by atoms with Crippen molar-refractivity contribution in [1.82, 2.24) is 0 Å². The summed E-state index contributed by atoms with van der Waals surface area (Å²) in [6.07, 6.45) is 0. The van der Waals surface area contributed by atoms with E-state index in [9.17, 15) is 9.59 Å². The number of Topliss-reactive ketones (excluding diaryl/α,β-unsaturated/α-hetero) is 2. The number of carbonyl (C=O) groups is 2. The van der Waals surface area contributed by atoms with E-state index in [1.165, 1.54) is 25.6 Å². The molecule has 114 valence electrons. The Morgan fingerprint density at radius 3 is 2.23 bits per heavy atom. The lowest BCUT2D eigenvalue weighted by Crippen LogP contribution is -2.30. The molecule has 0 amide bonds. The quantitative estimate of drug-likeness (QED) is 0.832. The van der Waals surface area contributed by atoms with Crippen molar-refractivity contribution in [1.29, 1.82) is 0 Å². The van der Waals surface area contributed by atoms with E-state index in [0.29, 0.717) is 10.5 Å². The van der Waals surface area contributed by atoms with E-state index >= 15 is 0 Å². The number of allylic oxidation sites excluding steroid dienone is 1. The topological polar surface area (TPSA) is 46.5 Å². The van der Waals surface area contributed by atoms with E-state index < -0.39 is 4.20 Å². The lowest BCUT2D eigenvalue weighted by Gasteiger charge is -2.31. The molecule has 1 saturated heterocycles. The van der Waals surface area contributed by atoms with E-state index in [2.05, 4.69) is 0 Å². The van der Waals surface area contributed by atoms with Crippen LogP contribution in [0, 0.1) is 0 Å². The zero-order valence-corrected chi connectivity index (χ0v) is 14.7. The zero-order valence-electron chi connectivity index (χ0n) is 12.3. The predicted octanol–water partition coefficient (Wildman–Crippen LogP) is 3.75. The van der Waals surface area contributed by atoms with Gasteiger partial charge in [-0.1, -0.05) is 42.1 Å². The molecule has 0 unspecified atom stereocenters. The molecule has 6 heteroatoms. The smallest absolute Gasteiger partial charge is 0.183 e.